The molecule has 0 spiro atoms. The van der Waals surface area contributed by atoms with Crippen molar-refractivity contribution in [3.63, 3.8) is 0 Å². The Bertz CT molecular complexity index is 456. The fraction of sp³-hybridized carbons (Fsp3) is 0.588. The van der Waals surface area contributed by atoms with Gasteiger partial charge in [0.15, 0.2) is 0 Å². The van der Waals surface area contributed by atoms with Crippen LogP contribution in [-0.2, 0) is 0 Å². The van der Waals surface area contributed by atoms with E-state index in [4.69, 9.17) is 0 Å². The number of rotatable bonds is 3. The quantitative estimate of drug-likeness (QED) is 0.919. The number of carbonyl (C=O) groups is 1. The number of hydrogen-bond acceptors (Lipinski definition) is 2. The molecule has 0 aliphatic heterocycles. The molecule has 0 unspecified atom stereocenters. The Hall–Kier alpha value is -1.35. The molecular weight excluding hydrogens is 248 g/mol. The second kappa shape index (κ2) is 6.40. The van der Waals surface area contributed by atoms with E-state index in [-0.39, 0.29) is 5.91 Å². The van der Waals surface area contributed by atoms with Crippen molar-refractivity contribution in [3.8, 4) is 0 Å². The number of aryl methyl sites for hydroxylation is 2. The molecule has 1 fully saturated rings. The van der Waals surface area contributed by atoms with Crippen molar-refractivity contribution < 1.29 is 4.79 Å². The minimum Gasteiger partial charge on any atom is -0.339 e. The van der Waals surface area contributed by atoms with Gasteiger partial charge in [-0.3, -0.25) is 4.79 Å². The Morgan fingerprint density at radius 3 is 2.15 bits per heavy atom. The summed E-state index contributed by atoms with van der Waals surface area (Å²) >= 11 is 0. The molecule has 1 aliphatic rings. The first-order valence-corrected chi connectivity index (χ1v) is 7.54. The minimum absolute atomic E-state index is 0.157. The van der Waals surface area contributed by atoms with Crippen LogP contribution >= 0.6 is 0 Å². The largest absolute Gasteiger partial charge is 0.339 e. The van der Waals surface area contributed by atoms with Crippen molar-refractivity contribution in [2.45, 2.75) is 51.6 Å². The Labute approximate surface area is 122 Å². The highest BCUT2D eigenvalue weighted by atomic mass is 16.2. The van der Waals surface area contributed by atoms with Crippen LogP contribution in [-0.4, -0.2) is 37.0 Å². The first-order chi connectivity index (χ1) is 9.51. The van der Waals surface area contributed by atoms with E-state index in [1.54, 1.807) is 0 Å². The van der Waals surface area contributed by atoms with Crippen molar-refractivity contribution in [1.82, 2.24) is 10.2 Å². The van der Waals surface area contributed by atoms with Gasteiger partial charge in [-0.15, -0.1) is 0 Å². The lowest BCUT2D eigenvalue weighted by Gasteiger charge is -2.34. The second-order valence-corrected chi connectivity index (χ2v) is 6.09. The molecule has 0 saturated heterocycles. The number of nitrogens with one attached hydrogen (secondary N) is 1. The molecule has 1 saturated carbocycles. The minimum atomic E-state index is 0.157. The van der Waals surface area contributed by atoms with Crippen molar-refractivity contribution in [2.24, 2.45) is 0 Å². The molecule has 1 aromatic rings. The van der Waals surface area contributed by atoms with E-state index in [0.29, 0.717) is 12.1 Å². The molecule has 110 valence electrons. The molecule has 2 rings (SSSR count). The lowest BCUT2D eigenvalue weighted by molar-refractivity contribution is 0.0685. The Morgan fingerprint density at radius 1 is 1.10 bits per heavy atom. The van der Waals surface area contributed by atoms with E-state index < -0.39 is 0 Å². The van der Waals surface area contributed by atoms with Crippen molar-refractivity contribution in [2.75, 3.05) is 14.1 Å². The Morgan fingerprint density at radius 2 is 1.65 bits per heavy atom. The van der Waals surface area contributed by atoms with Crippen LogP contribution in [0.4, 0.5) is 0 Å². The summed E-state index contributed by atoms with van der Waals surface area (Å²) in [5, 5.41) is 3.34. The summed E-state index contributed by atoms with van der Waals surface area (Å²) in [6.07, 6.45) is 4.51. The Balaban J connectivity index is 2.05. The zero-order valence-electron chi connectivity index (χ0n) is 13.1. The van der Waals surface area contributed by atoms with E-state index in [1.165, 1.54) is 0 Å². The first kappa shape index (κ1) is 15.0. The van der Waals surface area contributed by atoms with Crippen LogP contribution in [0.15, 0.2) is 18.2 Å². The third-order valence-corrected chi connectivity index (χ3v) is 4.44. The summed E-state index contributed by atoms with van der Waals surface area (Å²) in [5.74, 6) is 0.157. The van der Waals surface area contributed by atoms with E-state index in [0.717, 1.165) is 42.4 Å². The van der Waals surface area contributed by atoms with Gasteiger partial charge in [0.25, 0.3) is 5.91 Å². The lowest BCUT2D eigenvalue weighted by atomic mass is 9.90. The molecule has 0 atom stereocenters. The SMILES string of the molecule is CNC1CCC(N(C)C(=O)c2cc(C)cc(C)c2)CC1. The van der Waals surface area contributed by atoms with Gasteiger partial charge < -0.3 is 10.2 Å². The molecule has 0 heterocycles. The maximum atomic E-state index is 12.6. The number of carbonyl (C=O) groups excluding carboxylic acids is 1. The zero-order valence-corrected chi connectivity index (χ0v) is 13.1. The average Bonchev–Trinajstić information content (AvgIpc) is 2.45. The van der Waals surface area contributed by atoms with Crippen LogP contribution in [0, 0.1) is 13.8 Å². The van der Waals surface area contributed by atoms with Crippen molar-refractivity contribution in [3.05, 3.63) is 34.9 Å². The second-order valence-electron chi connectivity index (χ2n) is 6.09. The molecule has 0 bridgehead atoms. The van der Waals surface area contributed by atoms with Gasteiger partial charge in [0.1, 0.15) is 0 Å². The van der Waals surface area contributed by atoms with Crippen LogP contribution < -0.4 is 5.32 Å². The van der Waals surface area contributed by atoms with Crippen molar-refractivity contribution in [1.29, 1.82) is 0 Å². The molecule has 1 amide bonds. The molecule has 0 aromatic heterocycles. The average molecular weight is 274 g/mol. The molecule has 1 aromatic carbocycles. The maximum absolute atomic E-state index is 12.6. The normalized spacial score (nSPS) is 22.6. The smallest absolute Gasteiger partial charge is 0.253 e. The maximum Gasteiger partial charge on any atom is 0.253 e. The molecule has 1 N–H and O–H groups in total. The van der Waals surface area contributed by atoms with Gasteiger partial charge in [-0.25, -0.2) is 0 Å². The summed E-state index contributed by atoms with van der Waals surface area (Å²) in [6, 6.07) is 7.09. The standard InChI is InChI=1S/C17H26N2O/c1-12-9-13(2)11-14(10-12)17(20)19(4)16-7-5-15(18-3)6-8-16/h9-11,15-16,18H,5-8H2,1-4H3. The summed E-state index contributed by atoms with van der Waals surface area (Å²) in [7, 11) is 3.97. The number of nitrogens with zero attached hydrogens (tertiary/aromatic N) is 1. The molecular formula is C17H26N2O. The molecule has 3 nitrogen and oxygen atoms in total. The molecule has 1 aliphatic carbocycles. The van der Waals surface area contributed by atoms with Gasteiger partial charge in [0.05, 0.1) is 0 Å². The van der Waals surface area contributed by atoms with Gasteiger partial charge in [0, 0.05) is 24.7 Å². The fourth-order valence-corrected chi connectivity index (χ4v) is 3.22. The van der Waals surface area contributed by atoms with Crippen LogP contribution in [0.1, 0.15) is 47.2 Å². The van der Waals surface area contributed by atoms with E-state index in [2.05, 4.69) is 11.4 Å². The van der Waals surface area contributed by atoms with Crippen LogP contribution in [0.5, 0.6) is 0 Å². The highest BCUT2D eigenvalue weighted by molar-refractivity contribution is 5.94. The van der Waals surface area contributed by atoms with Crippen molar-refractivity contribution >= 4 is 5.91 Å². The third kappa shape index (κ3) is 3.40. The van der Waals surface area contributed by atoms with Crippen LogP contribution in [0.3, 0.4) is 0 Å². The number of benzene rings is 1. The molecule has 3 heteroatoms. The van der Waals surface area contributed by atoms with Gasteiger partial charge in [-0.1, -0.05) is 17.2 Å². The van der Waals surface area contributed by atoms with E-state index in [9.17, 15) is 4.79 Å². The lowest BCUT2D eigenvalue weighted by Crippen LogP contribution is -2.42. The number of amides is 1. The van der Waals surface area contributed by atoms with Gasteiger partial charge in [-0.05, 0) is 58.7 Å². The van der Waals surface area contributed by atoms with E-state index in [1.807, 2.05) is 45.0 Å². The highest BCUT2D eigenvalue weighted by Crippen LogP contribution is 2.23. The Kier molecular flexibility index (Phi) is 4.81. The zero-order chi connectivity index (χ0) is 14.7. The van der Waals surface area contributed by atoms with E-state index >= 15 is 0 Å². The fourth-order valence-electron chi connectivity index (χ4n) is 3.22. The summed E-state index contributed by atoms with van der Waals surface area (Å²) in [5.41, 5.74) is 3.13. The van der Waals surface area contributed by atoms with Gasteiger partial charge >= 0.3 is 0 Å². The number of hydrogen-bond donors (Lipinski definition) is 1. The third-order valence-electron chi connectivity index (χ3n) is 4.44. The monoisotopic (exact) mass is 274 g/mol. The van der Waals surface area contributed by atoms with Gasteiger partial charge in [0.2, 0.25) is 0 Å². The summed E-state index contributed by atoms with van der Waals surface area (Å²) in [6.45, 7) is 4.09. The topological polar surface area (TPSA) is 32.3 Å². The van der Waals surface area contributed by atoms with Crippen LogP contribution in [0.25, 0.3) is 0 Å². The molecule has 20 heavy (non-hydrogen) atoms. The summed E-state index contributed by atoms with van der Waals surface area (Å²) < 4.78 is 0. The van der Waals surface area contributed by atoms with Crippen LogP contribution in [0.2, 0.25) is 0 Å². The van der Waals surface area contributed by atoms with Gasteiger partial charge in [-0.2, -0.15) is 0 Å². The summed E-state index contributed by atoms with van der Waals surface area (Å²) in [4.78, 5) is 14.6. The molecule has 0 radical (unpaired) electrons. The predicted octanol–water partition coefficient (Wildman–Crippen LogP) is 2.91. The predicted molar refractivity (Wildman–Crippen MR) is 83.1 cm³/mol. The highest BCUT2D eigenvalue weighted by Gasteiger charge is 2.26. The first-order valence-electron chi connectivity index (χ1n) is 7.54.